The van der Waals surface area contributed by atoms with Gasteiger partial charge in [0.25, 0.3) is 23.7 Å². The molecule has 1 saturated heterocycles. The number of β-lactam (4-membered cyclic amide) rings is 1. The van der Waals surface area contributed by atoms with Crippen molar-refractivity contribution < 1.29 is 50.9 Å². The van der Waals surface area contributed by atoms with Gasteiger partial charge in [-0.25, -0.2) is 14.3 Å². The number of carboxylic acid groups (broad SMARTS) is 1. The number of nitrogens with zero attached hydrogens (tertiary/aromatic N) is 4. The summed E-state index contributed by atoms with van der Waals surface area (Å²) in [6.45, 7) is 2.98. The number of aryl methyl sites for hydroxylation is 1. The number of carbonyl (C=O) groups is 3. The van der Waals surface area contributed by atoms with Crippen LogP contribution in [0.2, 0.25) is 0 Å². The number of hydroxylamine groups is 2. The van der Waals surface area contributed by atoms with E-state index in [1.165, 1.54) is 19.2 Å². The topological polar surface area (TPSA) is 288 Å². The maximum Gasteiger partial charge on any atom is 0.418 e. The van der Waals surface area contributed by atoms with E-state index in [1.807, 2.05) is 29.9 Å². The van der Waals surface area contributed by atoms with Crippen LogP contribution in [0.1, 0.15) is 19.5 Å². The van der Waals surface area contributed by atoms with E-state index < -0.39 is 58.2 Å². The number of anilines is 2. The monoisotopic (exact) mass is 722 g/mol. The van der Waals surface area contributed by atoms with Gasteiger partial charge >= 0.3 is 16.4 Å². The highest BCUT2D eigenvalue weighted by atomic mass is 32.3. The summed E-state index contributed by atoms with van der Waals surface area (Å²) in [5, 5.41) is 20.9. The number of aliphatic carboxylic acids is 1. The summed E-state index contributed by atoms with van der Waals surface area (Å²) >= 11 is 0.955. The summed E-state index contributed by atoms with van der Waals surface area (Å²) < 4.78 is 43.0. The zero-order chi connectivity index (χ0) is 36.1. The third-order valence-electron chi connectivity index (χ3n) is 7.29. The molecule has 1 unspecified atom stereocenters. The second-order valence-electron chi connectivity index (χ2n) is 11.2. The molecule has 4 rings (SSSR count). The predicted molar refractivity (Wildman–Crippen MR) is 175 cm³/mol. The first-order chi connectivity index (χ1) is 23.0. The number of nitrogen functional groups attached to an aromatic ring is 1. The number of nitrogens with two attached hydrogens (primary N) is 3. The lowest BCUT2D eigenvalue weighted by Crippen LogP contribution is -2.76. The molecule has 1 aromatic carbocycles. The number of benzene rings is 1. The third kappa shape index (κ3) is 8.95. The highest BCUT2D eigenvalue weighted by Gasteiger charge is 2.58. The van der Waals surface area contributed by atoms with E-state index in [2.05, 4.69) is 25.1 Å². The van der Waals surface area contributed by atoms with Crippen LogP contribution >= 0.6 is 11.3 Å². The average Bonchev–Trinajstić information content (AvgIpc) is 3.48. The van der Waals surface area contributed by atoms with Gasteiger partial charge in [0.05, 0.1) is 18.8 Å². The maximum absolute atomic E-state index is 13.2. The summed E-state index contributed by atoms with van der Waals surface area (Å²) in [4.78, 5) is 46.9. The summed E-state index contributed by atoms with van der Waals surface area (Å²) in [6, 6.07) is 9.29. The van der Waals surface area contributed by atoms with E-state index >= 15 is 0 Å². The molecule has 0 aliphatic carbocycles. The standard InChI is InChI=1S/C28H35N9O10S2/c1-28(2)23(25(39)37(28)47-49(42,43)44)34-24(38)22(19-14-48-27(31)33-19)35-46-20(26(40)41)13-45-18-7-4-15(5-8-18)16-6-9-21(36(3)12-16)32-17(10-29)11-30/h4-9,12,14,17,20,23H,10-11,13,29-30H2,1-3H3,(H5,31,33,34,38,40,41,42,43,44)/p+1/b35-22-/t20?,23-/m1/s1. The Balaban J connectivity index is 1.44. The first kappa shape index (κ1) is 36.9. The number of hydrogen-bond donors (Lipinski definition) is 7. The van der Waals surface area contributed by atoms with Gasteiger partial charge in [-0.1, -0.05) is 17.3 Å². The molecule has 2 aromatic heterocycles. The molecule has 1 aliphatic rings. The molecule has 49 heavy (non-hydrogen) atoms. The molecule has 2 atom stereocenters. The molecule has 0 bridgehead atoms. The lowest BCUT2D eigenvalue weighted by atomic mass is 9.84. The van der Waals surface area contributed by atoms with Crippen LogP contribution in [0.5, 0.6) is 5.75 Å². The molecule has 2 amide bonds. The molecule has 21 heteroatoms. The van der Waals surface area contributed by atoms with Crippen molar-refractivity contribution in [2.24, 2.45) is 23.7 Å². The van der Waals surface area contributed by atoms with Crippen LogP contribution in [0.4, 0.5) is 10.9 Å². The second-order valence-corrected chi connectivity index (χ2v) is 13.1. The minimum absolute atomic E-state index is 0.0537. The van der Waals surface area contributed by atoms with Gasteiger partial charge in [-0.15, -0.1) is 15.6 Å². The van der Waals surface area contributed by atoms with E-state index in [0.29, 0.717) is 23.9 Å². The highest BCUT2D eigenvalue weighted by Crippen LogP contribution is 2.33. The van der Waals surface area contributed by atoms with Crippen molar-refractivity contribution in [1.29, 1.82) is 0 Å². The van der Waals surface area contributed by atoms with E-state index in [0.717, 1.165) is 28.3 Å². The van der Waals surface area contributed by atoms with Crippen LogP contribution in [0.3, 0.4) is 0 Å². The quantitative estimate of drug-likeness (QED) is 0.0307. The fourth-order valence-electron chi connectivity index (χ4n) is 4.55. The second kappa shape index (κ2) is 15.1. The minimum Gasteiger partial charge on any atom is -0.489 e. The van der Waals surface area contributed by atoms with Crippen LogP contribution in [-0.4, -0.2) is 95.0 Å². The summed E-state index contributed by atoms with van der Waals surface area (Å²) in [5.74, 6) is -2.32. The smallest absolute Gasteiger partial charge is 0.418 e. The Bertz CT molecular complexity index is 1830. The number of aromatic nitrogens is 2. The number of pyridine rings is 1. The van der Waals surface area contributed by atoms with Crippen molar-refractivity contribution in [3.05, 3.63) is 53.7 Å². The molecule has 3 heterocycles. The highest BCUT2D eigenvalue weighted by molar-refractivity contribution is 7.80. The maximum atomic E-state index is 13.2. The molecule has 264 valence electrons. The first-order valence-corrected chi connectivity index (χ1v) is 16.7. The molecular weight excluding hydrogens is 686 g/mol. The van der Waals surface area contributed by atoms with Crippen molar-refractivity contribution in [1.82, 2.24) is 15.4 Å². The zero-order valence-electron chi connectivity index (χ0n) is 26.5. The molecular formula is C28H36N9O10S2+. The van der Waals surface area contributed by atoms with Gasteiger partial charge in [0.2, 0.25) is 0 Å². The summed E-state index contributed by atoms with van der Waals surface area (Å²) in [6.07, 6.45) is 0.229. The van der Waals surface area contributed by atoms with Crippen molar-refractivity contribution >= 4 is 56.2 Å². The summed E-state index contributed by atoms with van der Waals surface area (Å²) in [5.41, 5.74) is 16.9. The van der Waals surface area contributed by atoms with Gasteiger partial charge in [-0.05, 0) is 37.6 Å². The fraction of sp³-hybridized carbons (Fsp3) is 0.357. The van der Waals surface area contributed by atoms with Crippen molar-refractivity contribution in [3.8, 4) is 16.9 Å². The van der Waals surface area contributed by atoms with Gasteiger partial charge < -0.3 is 37.2 Å². The number of oxime groups is 1. The van der Waals surface area contributed by atoms with Gasteiger partial charge in [0.1, 0.15) is 30.1 Å². The van der Waals surface area contributed by atoms with Crippen LogP contribution < -0.4 is 37.1 Å². The summed E-state index contributed by atoms with van der Waals surface area (Å²) in [7, 11) is -3.14. The van der Waals surface area contributed by atoms with Gasteiger partial charge in [-0.3, -0.25) is 19.5 Å². The number of hydrogen-bond acceptors (Lipinski definition) is 15. The van der Waals surface area contributed by atoms with Gasteiger partial charge in [-0.2, -0.15) is 13.5 Å². The Kier molecular flexibility index (Phi) is 11.4. The van der Waals surface area contributed by atoms with Crippen LogP contribution in [0.25, 0.3) is 11.1 Å². The number of amides is 2. The molecule has 10 N–H and O–H groups in total. The van der Waals surface area contributed by atoms with E-state index in [4.69, 9.17) is 31.3 Å². The average molecular weight is 723 g/mol. The lowest BCUT2D eigenvalue weighted by Gasteiger charge is -2.50. The first-order valence-electron chi connectivity index (χ1n) is 14.4. The van der Waals surface area contributed by atoms with E-state index in [1.54, 1.807) is 24.3 Å². The predicted octanol–water partition coefficient (Wildman–Crippen LogP) is -0.992. The Morgan fingerprint density at radius 2 is 1.82 bits per heavy atom. The number of carbonyl (C=O) groups excluding carboxylic acids is 2. The molecule has 19 nitrogen and oxygen atoms in total. The van der Waals surface area contributed by atoms with E-state index in [-0.39, 0.29) is 16.9 Å². The third-order valence-corrected chi connectivity index (χ3v) is 8.30. The van der Waals surface area contributed by atoms with Crippen molar-refractivity contribution in [2.75, 3.05) is 30.7 Å². The Hall–Kier alpha value is -4.93. The van der Waals surface area contributed by atoms with Crippen LogP contribution in [0, 0.1) is 0 Å². The number of thiazole rings is 1. The fourth-order valence-corrected chi connectivity index (χ4v) is 5.55. The Labute approximate surface area is 284 Å². The SMILES string of the molecule is C[n+]1cc(-c2ccc(OCC(O/N=C(\C(=O)N[C@@H]3C(=O)N(OS(=O)(=O)O)C3(C)C)c3csc(N)n3)C(=O)O)cc2)ccc1NC(CN)CN. The molecule has 1 fully saturated rings. The van der Waals surface area contributed by atoms with Crippen LogP contribution in [-0.2, 0) is 41.0 Å². The van der Waals surface area contributed by atoms with Gasteiger partial charge in [0, 0.05) is 30.1 Å². The van der Waals surface area contributed by atoms with Gasteiger partial charge in [0.15, 0.2) is 10.8 Å². The van der Waals surface area contributed by atoms with Crippen LogP contribution in [0.15, 0.2) is 53.1 Å². The normalized spacial score (nSPS) is 16.6. The lowest BCUT2D eigenvalue weighted by molar-refractivity contribution is -0.656. The molecule has 0 radical (unpaired) electrons. The Morgan fingerprint density at radius 1 is 1.16 bits per heavy atom. The van der Waals surface area contributed by atoms with Crippen molar-refractivity contribution in [2.45, 2.75) is 37.6 Å². The molecule has 0 spiro atoms. The van der Waals surface area contributed by atoms with E-state index in [9.17, 15) is 27.9 Å². The minimum atomic E-state index is -5.02. The molecule has 0 saturated carbocycles. The molecule has 3 aromatic rings. The number of carboxylic acids is 1. The largest absolute Gasteiger partial charge is 0.489 e. The zero-order valence-corrected chi connectivity index (χ0v) is 28.1. The number of nitrogens with one attached hydrogen (secondary N) is 2. The number of ether oxygens (including phenoxy) is 1. The Morgan fingerprint density at radius 3 is 2.35 bits per heavy atom. The number of rotatable bonds is 16. The van der Waals surface area contributed by atoms with Crippen molar-refractivity contribution in [3.63, 3.8) is 0 Å². The molecule has 1 aliphatic heterocycles.